The Balaban J connectivity index is 2.33. The van der Waals surface area contributed by atoms with E-state index in [1.807, 2.05) is 11.6 Å². The molecule has 1 atom stereocenters. The average Bonchev–Trinajstić information content (AvgIpc) is 2.73. The minimum atomic E-state index is -0.379. The van der Waals surface area contributed by atoms with Crippen LogP contribution in [0.15, 0.2) is 12.5 Å². The fraction of sp³-hybridized carbons (Fsp3) is 0.429. The number of rotatable bonds is 2. The Hall–Kier alpha value is -1.76. The van der Waals surface area contributed by atoms with Gasteiger partial charge in [0.05, 0.1) is 25.3 Å². The predicted octanol–water partition coefficient (Wildman–Crippen LogP) is -1.01. The van der Waals surface area contributed by atoms with Crippen LogP contribution >= 0.6 is 0 Å². The molecule has 7 nitrogen and oxygen atoms in total. The van der Waals surface area contributed by atoms with Crippen molar-refractivity contribution in [3.8, 4) is 0 Å². The van der Waals surface area contributed by atoms with E-state index in [1.165, 1.54) is 4.80 Å². The Morgan fingerprint density at radius 3 is 2.71 bits per heavy atom. The molecule has 0 aliphatic heterocycles. The molecule has 0 radical (unpaired) electrons. The third-order valence-corrected chi connectivity index (χ3v) is 1.97. The van der Waals surface area contributed by atoms with E-state index in [4.69, 9.17) is 5.73 Å². The molecule has 0 aliphatic carbocycles. The SMILES string of the molecule is Cn1nnc(C(N)c2cncn2C)n1. The first kappa shape index (κ1) is 8.82. The van der Waals surface area contributed by atoms with Crippen molar-refractivity contribution in [3.63, 3.8) is 0 Å². The lowest BCUT2D eigenvalue weighted by molar-refractivity contribution is 0.622. The summed E-state index contributed by atoms with van der Waals surface area (Å²) in [6, 6.07) is -0.379. The van der Waals surface area contributed by atoms with Crippen LogP contribution in [-0.2, 0) is 14.1 Å². The van der Waals surface area contributed by atoms with E-state index in [0.717, 1.165) is 5.69 Å². The lowest BCUT2D eigenvalue weighted by Crippen LogP contribution is -2.17. The summed E-state index contributed by atoms with van der Waals surface area (Å²) in [5.74, 6) is 0.496. The zero-order valence-corrected chi connectivity index (χ0v) is 7.99. The molecule has 0 spiro atoms. The molecule has 2 aromatic rings. The monoisotopic (exact) mass is 193 g/mol. The van der Waals surface area contributed by atoms with E-state index in [9.17, 15) is 0 Å². The van der Waals surface area contributed by atoms with Gasteiger partial charge in [0.25, 0.3) is 0 Å². The van der Waals surface area contributed by atoms with Crippen molar-refractivity contribution in [2.75, 3.05) is 0 Å². The number of aryl methyl sites for hydroxylation is 2. The van der Waals surface area contributed by atoms with Gasteiger partial charge in [0.15, 0.2) is 5.82 Å². The average molecular weight is 193 g/mol. The molecule has 0 saturated carbocycles. The predicted molar refractivity (Wildman–Crippen MR) is 48.0 cm³/mol. The first-order chi connectivity index (χ1) is 6.68. The second-order valence-corrected chi connectivity index (χ2v) is 3.04. The van der Waals surface area contributed by atoms with Crippen molar-refractivity contribution in [2.45, 2.75) is 6.04 Å². The highest BCUT2D eigenvalue weighted by molar-refractivity contribution is 5.12. The largest absolute Gasteiger partial charge is 0.336 e. The number of hydrogen-bond acceptors (Lipinski definition) is 5. The normalized spacial score (nSPS) is 13.1. The highest BCUT2D eigenvalue weighted by Gasteiger charge is 2.16. The van der Waals surface area contributed by atoms with Crippen LogP contribution in [0.1, 0.15) is 17.6 Å². The van der Waals surface area contributed by atoms with Gasteiger partial charge < -0.3 is 10.3 Å². The molecule has 0 fully saturated rings. The fourth-order valence-corrected chi connectivity index (χ4v) is 1.22. The Morgan fingerprint density at radius 1 is 1.43 bits per heavy atom. The standard InChI is InChI=1S/C7H11N7/c1-13-4-9-3-5(13)6(8)7-10-12-14(2)11-7/h3-4,6H,8H2,1-2H3. The molecule has 1 unspecified atom stereocenters. The summed E-state index contributed by atoms with van der Waals surface area (Å²) in [6.07, 6.45) is 3.38. The van der Waals surface area contributed by atoms with E-state index < -0.39 is 0 Å². The first-order valence-corrected chi connectivity index (χ1v) is 4.14. The van der Waals surface area contributed by atoms with Crippen molar-refractivity contribution in [1.82, 2.24) is 29.8 Å². The molecule has 0 aliphatic rings. The van der Waals surface area contributed by atoms with Crippen LogP contribution in [0, 0.1) is 0 Å². The van der Waals surface area contributed by atoms with Gasteiger partial charge in [-0.2, -0.15) is 4.80 Å². The second kappa shape index (κ2) is 3.18. The van der Waals surface area contributed by atoms with Gasteiger partial charge in [-0.15, -0.1) is 10.2 Å². The van der Waals surface area contributed by atoms with E-state index in [-0.39, 0.29) is 6.04 Å². The van der Waals surface area contributed by atoms with Gasteiger partial charge in [0.2, 0.25) is 0 Å². The molecule has 0 aromatic carbocycles. The number of hydrogen-bond donors (Lipinski definition) is 1. The van der Waals surface area contributed by atoms with Gasteiger partial charge >= 0.3 is 0 Å². The summed E-state index contributed by atoms with van der Waals surface area (Å²) in [6.45, 7) is 0. The quantitative estimate of drug-likeness (QED) is 0.660. The van der Waals surface area contributed by atoms with Crippen molar-refractivity contribution in [2.24, 2.45) is 19.8 Å². The topological polar surface area (TPSA) is 87.4 Å². The molecule has 7 heteroatoms. The van der Waals surface area contributed by atoms with Crippen molar-refractivity contribution in [3.05, 3.63) is 24.0 Å². The second-order valence-electron chi connectivity index (χ2n) is 3.04. The molecular weight excluding hydrogens is 182 g/mol. The highest BCUT2D eigenvalue weighted by Crippen LogP contribution is 2.13. The molecule has 0 amide bonds. The number of nitrogens with zero attached hydrogens (tertiary/aromatic N) is 6. The molecule has 2 heterocycles. The van der Waals surface area contributed by atoms with Crippen LogP contribution in [0.2, 0.25) is 0 Å². The van der Waals surface area contributed by atoms with Crippen molar-refractivity contribution < 1.29 is 0 Å². The third-order valence-electron chi connectivity index (χ3n) is 1.97. The number of aromatic nitrogens is 6. The Labute approximate surface area is 80.5 Å². The summed E-state index contributed by atoms with van der Waals surface area (Å²) < 4.78 is 1.83. The maximum Gasteiger partial charge on any atom is 0.197 e. The van der Waals surface area contributed by atoms with Crippen molar-refractivity contribution >= 4 is 0 Å². The molecule has 0 bridgehead atoms. The Kier molecular flexibility index (Phi) is 2.01. The lowest BCUT2D eigenvalue weighted by Gasteiger charge is -2.06. The minimum absolute atomic E-state index is 0.379. The first-order valence-electron chi connectivity index (χ1n) is 4.14. The van der Waals surface area contributed by atoms with E-state index in [1.54, 1.807) is 19.6 Å². The highest BCUT2D eigenvalue weighted by atomic mass is 15.6. The zero-order chi connectivity index (χ0) is 10.1. The summed E-state index contributed by atoms with van der Waals surface area (Å²) in [7, 11) is 3.57. The summed E-state index contributed by atoms with van der Waals surface area (Å²) in [5.41, 5.74) is 6.80. The summed E-state index contributed by atoms with van der Waals surface area (Å²) in [5, 5.41) is 11.6. The zero-order valence-electron chi connectivity index (χ0n) is 7.99. The number of nitrogens with two attached hydrogens (primary N) is 1. The summed E-state index contributed by atoms with van der Waals surface area (Å²) in [4.78, 5) is 5.36. The maximum atomic E-state index is 5.94. The van der Waals surface area contributed by atoms with Crippen LogP contribution in [0.5, 0.6) is 0 Å². The Morgan fingerprint density at radius 2 is 2.21 bits per heavy atom. The van der Waals surface area contributed by atoms with Crippen LogP contribution in [0.25, 0.3) is 0 Å². The smallest absolute Gasteiger partial charge is 0.197 e. The van der Waals surface area contributed by atoms with Crippen LogP contribution in [0.4, 0.5) is 0 Å². The van der Waals surface area contributed by atoms with E-state index in [0.29, 0.717) is 5.82 Å². The fourth-order valence-electron chi connectivity index (χ4n) is 1.22. The molecule has 2 aromatic heterocycles. The van der Waals surface area contributed by atoms with Gasteiger partial charge in [-0.05, 0) is 5.21 Å². The lowest BCUT2D eigenvalue weighted by atomic mass is 10.2. The van der Waals surface area contributed by atoms with Crippen molar-refractivity contribution in [1.29, 1.82) is 0 Å². The number of tetrazole rings is 1. The third kappa shape index (κ3) is 1.37. The Bertz CT molecular complexity index is 429. The maximum absolute atomic E-state index is 5.94. The molecule has 74 valence electrons. The van der Waals surface area contributed by atoms with Crippen LogP contribution < -0.4 is 5.73 Å². The molecule has 2 N–H and O–H groups in total. The van der Waals surface area contributed by atoms with Gasteiger partial charge in [-0.1, -0.05) is 0 Å². The molecule has 14 heavy (non-hydrogen) atoms. The molecular formula is C7H11N7. The van der Waals surface area contributed by atoms with Gasteiger partial charge in [0, 0.05) is 7.05 Å². The van der Waals surface area contributed by atoms with Gasteiger partial charge in [-0.3, -0.25) is 0 Å². The summed E-state index contributed by atoms with van der Waals surface area (Å²) >= 11 is 0. The van der Waals surface area contributed by atoms with Gasteiger partial charge in [0.1, 0.15) is 6.04 Å². The number of imidazole rings is 1. The van der Waals surface area contributed by atoms with E-state index in [2.05, 4.69) is 20.4 Å². The van der Waals surface area contributed by atoms with Crippen LogP contribution in [0.3, 0.4) is 0 Å². The molecule has 2 rings (SSSR count). The molecule has 0 saturated heterocycles. The van der Waals surface area contributed by atoms with Crippen LogP contribution in [-0.4, -0.2) is 29.8 Å². The van der Waals surface area contributed by atoms with E-state index >= 15 is 0 Å². The minimum Gasteiger partial charge on any atom is -0.336 e. The van der Waals surface area contributed by atoms with Gasteiger partial charge in [-0.25, -0.2) is 4.98 Å².